The second kappa shape index (κ2) is 7.96. The summed E-state index contributed by atoms with van der Waals surface area (Å²) in [7, 11) is 0. The van der Waals surface area contributed by atoms with E-state index in [1.165, 1.54) is 49.6 Å². The Morgan fingerprint density at radius 3 is 2.21 bits per heavy atom. The molecule has 0 radical (unpaired) electrons. The molecule has 1 N–H and O–H groups in total. The van der Waals surface area contributed by atoms with Gasteiger partial charge in [-0.15, -0.1) is 0 Å². The molecule has 6 aromatic rings. The highest BCUT2D eigenvalue weighted by atomic mass is 15.6. The number of aromatic nitrogens is 1. The number of fused-ring (bicyclic) bond motifs is 8. The summed E-state index contributed by atoms with van der Waals surface area (Å²) in [6, 6.07) is 41.9. The molecule has 4 atom stereocenters. The number of nitrogens with zero attached hydrogens (tertiary/aromatic N) is 3. The number of allylic oxidation sites excluding steroid dienone is 2. The van der Waals surface area contributed by atoms with Crippen molar-refractivity contribution in [2.45, 2.75) is 17.7 Å². The van der Waals surface area contributed by atoms with E-state index in [9.17, 15) is 0 Å². The van der Waals surface area contributed by atoms with Crippen molar-refractivity contribution in [3.8, 4) is 22.3 Å². The van der Waals surface area contributed by atoms with Crippen LogP contribution in [0.3, 0.4) is 0 Å². The number of hydrogen-bond acceptors (Lipinski definition) is 3. The van der Waals surface area contributed by atoms with Gasteiger partial charge >= 0.3 is 0 Å². The molecule has 4 aliphatic rings. The number of aliphatic imine (C=N–C) groups is 1. The number of anilines is 2. The lowest BCUT2D eigenvalue weighted by Crippen LogP contribution is -2.19. The Balaban J connectivity index is 1.29. The van der Waals surface area contributed by atoms with E-state index in [0.717, 1.165) is 17.2 Å². The Bertz CT molecular complexity index is 2170. The Kier molecular flexibility index (Phi) is 4.27. The van der Waals surface area contributed by atoms with Gasteiger partial charge in [0, 0.05) is 33.3 Å². The summed E-state index contributed by atoms with van der Waals surface area (Å²) in [5.41, 5.74) is 10.6. The maximum atomic E-state index is 5.49. The SMILES string of the molecule is C1=CC2N3C4C(=NC23C=C1)n1c2cc(-c3ccccc3)c(Nc3ccccc3)cc2c2cc(-c3ccccc3)cc4c21. The van der Waals surface area contributed by atoms with E-state index in [2.05, 4.69) is 154 Å². The predicted octanol–water partition coefficient (Wildman–Crippen LogP) is 8.69. The maximum absolute atomic E-state index is 5.49. The van der Waals surface area contributed by atoms with Crippen LogP contribution in [0.1, 0.15) is 11.6 Å². The van der Waals surface area contributed by atoms with Gasteiger partial charge in [0.05, 0.1) is 23.1 Å². The highest BCUT2D eigenvalue weighted by molar-refractivity contribution is 6.23. The fraction of sp³-hybridized carbons (Fsp3) is 0.0789. The van der Waals surface area contributed by atoms with Crippen molar-refractivity contribution >= 4 is 39.0 Å². The quantitative estimate of drug-likeness (QED) is 0.228. The number of benzene rings is 5. The minimum atomic E-state index is -0.241. The molecule has 1 saturated heterocycles. The minimum absolute atomic E-state index is 0.148. The van der Waals surface area contributed by atoms with Gasteiger partial charge in [-0.2, -0.15) is 0 Å². The third-order valence-electron chi connectivity index (χ3n) is 9.44. The molecule has 4 nitrogen and oxygen atoms in total. The van der Waals surface area contributed by atoms with E-state index >= 15 is 0 Å². The van der Waals surface area contributed by atoms with Gasteiger partial charge in [-0.05, 0) is 59.2 Å². The zero-order chi connectivity index (χ0) is 27.4. The summed E-state index contributed by atoms with van der Waals surface area (Å²) in [6.07, 6.45) is 8.90. The van der Waals surface area contributed by atoms with Crippen molar-refractivity contribution in [2.24, 2.45) is 4.99 Å². The lowest BCUT2D eigenvalue weighted by atomic mass is 9.95. The van der Waals surface area contributed by atoms with Crippen LogP contribution in [0.2, 0.25) is 0 Å². The molecule has 4 unspecified atom stereocenters. The first-order valence-corrected chi connectivity index (χ1v) is 14.6. The molecule has 3 aliphatic heterocycles. The Hall–Kier alpha value is -5.19. The molecule has 1 aromatic heterocycles. The first-order valence-electron chi connectivity index (χ1n) is 14.6. The summed E-state index contributed by atoms with van der Waals surface area (Å²) in [5.74, 6) is 1.15. The van der Waals surface area contributed by atoms with Crippen LogP contribution in [0.15, 0.2) is 145 Å². The molecule has 42 heavy (non-hydrogen) atoms. The Labute approximate surface area is 243 Å². The molecule has 0 bridgehead atoms. The zero-order valence-corrected chi connectivity index (χ0v) is 22.8. The fourth-order valence-corrected chi connectivity index (χ4v) is 7.58. The maximum Gasteiger partial charge on any atom is 0.155 e. The molecular weight excluding hydrogens is 512 g/mol. The molecule has 10 rings (SSSR count). The third kappa shape index (κ3) is 2.87. The van der Waals surface area contributed by atoms with E-state index in [1.807, 2.05) is 0 Å². The van der Waals surface area contributed by atoms with Crippen LogP contribution >= 0.6 is 0 Å². The summed E-state index contributed by atoms with van der Waals surface area (Å²) in [4.78, 5) is 8.06. The average Bonchev–Trinajstić information content (AvgIpc) is 3.25. The highest BCUT2D eigenvalue weighted by Gasteiger charge is 2.70. The van der Waals surface area contributed by atoms with Gasteiger partial charge in [-0.25, -0.2) is 9.89 Å². The van der Waals surface area contributed by atoms with E-state index in [1.54, 1.807) is 0 Å². The van der Waals surface area contributed by atoms with Crippen LogP contribution in [0.5, 0.6) is 0 Å². The summed E-state index contributed by atoms with van der Waals surface area (Å²) < 4.78 is 2.46. The van der Waals surface area contributed by atoms with Crippen LogP contribution in [-0.4, -0.2) is 27.0 Å². The van der Waals surface area contributed by atoms with Crippen LogP contribution in [0.4, 0.5) is 11.4 Å². The molecule has 0 amide bonds. The van der Waals surface area contributed by atoms with Gasteiger partial charge in [-0.1, -0.05) is 97.1 Å². The number of nitrogens with one attached hydrogen (secondary N) is 1. The second-order valence-electron chi connectivity index (χ2n) is 11.7. The molecule has 4 heteroatoms. The minimum Gasteiger partial charge on any atom is -0.355 e. The number of para-hydroxylation sites is 1. The van der Waals surface area contributed by atoms with Gasteiger partial charge in [0.1, 0.15) is 5.84 Å². The molecule has 198 valence electrons. The summed E-state index contributed by atoms with van der Waals surface area (Å²) in [6.45, 7) is 0. The van der Waals surface area contributed by atoms with Crippen LogP contribution in [0, 0.1) is 0 Å². The van der Waals surface area contributed by atoms with Crippen molar-refractivity contribution in [1.29, 1.82) is 0 Å². The van der Waals surface area contributed by atoms with Crippen LogP contribution < -0.4 is 5.32 Å². The normalized spacial score (nSPS) is 24.0. The van der Waals surface area contributed by atoms with Gasteiger partial charge in [0.2, 0.25) is 0 Å². The molecule has 1 fully saturated rings. The van der Waals surface area contributed by atoms with Crippen molar-refractivity contribution in [1.82, 2.24) is 9.47 Å². The Morgan fingerprint density at radius 2 is 1.43 bits per heavy atom. The average molecular weight is 539 g/mol. The van der Waals surface area contributed by atoms with E-state index in [4.69, 9.17) is 4.99 Å². The predicted molar refractivity (Wildman–Crippen MR) is 172 cm³/mol. The summed E-state index contributed by atoms with van der Waals surface area (Å²) in [5, 5.41) is 6.27. The molecular formula is C38H26N4. The van der Waals surface area contributed by atoms with Crippen molar-refractivity contribution in [2.75, 3.05) is 5.32 Å². The summed E-state index contributed by atoms with van der Waals surface area (Å²) >= 11 is 0. The first kappa shape index (κ1) is 22.5. The number of hydrogen-bond donors (Lipinski definition) is 1. The number of rotatable bonds is 4. The van der Waals surface area contributed by atoms with Crippen LogP contribution in [0.25, 0.3) is 44.1 Å². The standard InChI is InChI=1S/C38H26N4/c1-4-12-24(13-5-1)26-20-30-29-22-32(39-27-16-8-3-9-17-27)28(25-14-6-2-7-15-25)23-33(29)41-35(30)31(21-26)36-37(41)40-38-19-11-10-18-34(38)42(36)38/h1-23,34,36,39H. The molecule has 5 aromatic carbocycles. The smallest absolute Gasteiger partial charge is 0.155 e. The fourth-order valence-electron chi connectivity index (χ4n) is 7.58. The second-order valence-corrected chi connectivity index (χ2v) is 11.7. The third-order valence-corrected chi connectivity index (χ3v) is 9.44. The topological polar surface area (TPSA) is 32.3 Å². The Morgan fingerprint density at radius 1 is 0.690 bits per heavy atom. The first-order chi connectivity index (χ1) is 20.8. The lowest BCUT2D eigenvalue weighted by molar-refractivity contribution is 0.452. The monoisotopic (exact) mass is 538 g/mol. The van der Waals surface area contributed by atoms with Crippen molar-refractivity contribution < 1.29 is 0 Å². The highest BCUT2D eigenvalue weighted by Crippen LogP contribution is 2.61. The lowest BCUT2D eigenvalue weighted by Gasteiger charge is -2.17. The van der Waals surface area contributed by atoms with Crippen molar-refractivity contribution in [3.05, 3.63) is 145 Å². The van der Waals surface area contributed by atoms with Gasteiger partial charge in [0.15, 0.2) is 5.66 Å². The molecule has 0 saturated carbocycles. The van der Waals surface area contributed by atoms with Crippen LogP contribution in [-0.2, 0) is 0 Å². The van der Waals surface area contributed by atoms with E-state index in [0.29, 0.717) is 6.04 Å². The molecule has 1 spiro atoms. The van der Waals surface area contributed by atoms with Gasteiger partial charge in [0.25, 0.3) is 0 Å². The van der Waals surface area contributed by atoms with E-state index in [-0.39, 0.29) is 11.7 Å². The van der Waals surface area contributed by atoms with Gasteiger partial charge in [-0.3, -0.25) is 4.57 Å². The van der Waals surface area contributed by atoms with E-state index < -0.39 is 0 Å². The molecule has 4 heterocycles. The van der Waals surface area contributed by atoms with Crippen molar-refractivity contribution in [3.63, 3.8) is 0 Å². The largest absolute Gasteiger partial charge is 0.355 e. The zero-order valence-electron chi connectivity index (χ0n) is 22.8. The van der Waals surface area contributed by atoms with Gasteiger partial charge < -0.3 is 5.32 Å². The molecule has 1 aliphatic carbocycles.